The van der Waals surface area contributed by atoms with Crippen molar-refractivity contribution in [3.05, 3.63) is 179 Å². The summed E-state index contributed by atoms with van der Waals surface area (Å²) in [6.45, 7) is 22.3. The Balaban J connectivity index is 1.17. The van der Waals surface area contributed by atoms with Gasteiger partial charge >= 0.3 is 0 Å². The summed E-state index contributed by atoms with van der Waals surface area (Å²) in [4.78, 5) is 5.45. The van der Waals surface area contributed by atoms with Gasteiger partial charge in [-0.1, -0.05) is 152 Å². The van der Waals surface area contributed by atoms with Gasteiger partial charge in [-0.2, -0.15) is 0 Å². The summed E-state index contributed by atoms with van der Waals surface area (Å²) in [6, 6.07) is 51.6. The first-order valence-electron chi connectivity index (χ1n) is 24.2. The van der Waals surface area contributed by atoms with E-state index in [9.17, 15) is 0 Å². The van der Waals surface area contributed by atoms with E-state index in [-0.39, 0.29) is 34.4 Å². The molecule has 0 amide bonds. The molecule has 5 aliphatic rings. The molecular formula is C61H61BN2S. The molecular weight excluding hydrogens is 804 g/mol. The lowest BCUT2D eigenvalue weighted by atomic mass is 9.31. The zero-order valence-corrected chi connectivity index (χ0v) is 40.6. The molecule has 324 valence electrons. The first-order chi connectivity index (χ1) is 31.1. The number of benzene rings is 6. The van der Waals surface area contributed by atoms with Crippen LogP contribution in [0.3, 0.4) is 0 Å². The van der Waals surface area contributed by atoms with Crippen molar-refractivity contribution in [1.29, 1.82) is 0 Å². The third kappa shape index (κ3) is 6.26. The summed E-state index contributed by atoms with van der Waals surface area (Å²) in [5.41, 5.74) is 22.6. The van der Waals surface area contributed by atoms with Crippen molar-refractivity contribution in [3.8, 4) is 22.3 Å². The van der Waals surface area contributed by atoms with Gasteiger partial charge in [-0.3, -0.25) is 0 Å². The predicted molar refractivity (Wildman–Crippen MR) is 281 cm³/mol. The van der Waals surface area contributed by atoms with E-state index < -0.39 is 0 Å². The highest BCUT2D eigenvalue weighted by atomic mass is 32.1. The average Bonchev–Trinajstić information content (AvgIpc) is 3.67. The van der Waals surface area contributed by atoms with Crippen LogP contribution in [0, 0.1) is 0 Å². The molecule has 1 unspecified atom stereocenters. The van der Waals surface area contributed by atoms with E-state index in [4.69, 9.17) is 0 Å². The lowest BCUT2D eigenvalue weighted by Gasteiger charge is -2.50. The Morgan fingerprint density at radius 3 is 1.72 bits per heavy atom. The quantitative estimate of drug-likeness (QED) is 0.163. The Kier molecular flexibility index (Phi) is 8.94. The molecule has 65 heavy (non-hydrogen) atoms. The van der Waals surface area contributed by atoms with E-state index in [1.54, 1.807) is 5.56 Å². The predicted octanol–water partition coefficient (Wildman–Crippen LogP) is 15.4. The summed E-state index contributed by atoms with van der Waals surface area (Å²) in [5, 5.41) is 2.87. The fourth-order valence-corrected chi connectivity index (χ4v) is 14.0. The lowest BCUT2D eigenvalue weighted by Crippen LogP contribution is -2.61. The van der Waals surface area contributed by atoms with Crippen molar-refractivity contribution in [1.82, 2.24) is 0 Å². The molecule has 0 saturated carbocycles. The standard InChI is InChI=1S/C61H61BN2S/c1-38-32-52-56-53(33-38)64(44-25-26-46-47(35-44)59(4,5)29-28-58(46,2)3)57-55(45-36-48-49(37-54(45)65-57)61(8,9)31-30-60(48,6)7)62(56)50-34-42(40-18-14-11-15-19-40)22-27-51(50)63(52)43-23-20-41(21-24-43)39-16-12-10-13-17-39/h10-27,32,34-37,53H,28-31,33H2,1-9H3. The number of allylic oxidation sites excluding steroid dienone is 1. The minimum Gasteiger partial charge on any atom is -0.327 e. The van der Waals surface area contributed by atoms with Gasteiger partial charge in [0, 0.05) is 27.5 Å². The second kappa shape index (κ2) is 14.2. The van der Waals surface area contributed by atoms with E-state index in [1.807, 2.05) is 0 Å². The van der Waals surface area contributed by atoms with Gasteiger partial charge in [-0.25, -0.2) is 0 Å². The van der Waals surface area contributed by atoms with Crippen molar-refractivity contribution < 1.29 is 0 Å². The molecule has 4 heteroatoms. The third-order valence-corrected chi connectivity index (χ3v) is 17.8. The molecule has 0 spiro atoms. The van der Waals surface area contributed by atoms with Gasteiger partial charge in [0.05, 0.1) is 11.0 Å². The van der Waals surface area contributed by atoms with Crippen molar-refractivity contribution in [3.63, 3.8) is 0 Å². The zero-order valence-electron chi connectivity index (χ0n) is 39.8. The molecule has 3 aliphatic carbocycles. The van der Waals surface area contributed by atoms with Crippen LogP contribution in [0.15, 0.2) is 156 Å². The van der Waals surface area contributed by atoms with Gasteiger partial charge in [-0.05, 0) is 176 Å². The SMILES string of the molecule is CC1=CC2=C3B(c4cc(-c5ccccc5)ccc4N2c2ccc(-c4ccccc4)cc2)c2c(sc4cc5c(cc24)C(C)(C)CCC5(C)C)N(c2ccc4c(c2)C(C)(C)CCC4(C)C)C3C1. The van der Waals surface area contributed by atoms with Gasteiger partial charge in [0.2, 0.25) is 6.71 Å². The Labute approximate surface area is 391 Å². The van der Waals surface area contributed by atoms with Crippen LogP contribution in [-0.4, -0.2) is 12.8 Å². The molecule has 1 atom stereocenters. The minimum absolute atomic E-state index is 0.101. The zero-order chi connectivity index (χ0) is 44.8. The number of anilines is 4. The molecule has 0 saturated heterocycles. The van der Waals surface area contributed by atoms with Crippen LogP contribution in [0.1, 0.15) is 117 Å². The van der Waals surface area contributed by atoms with E-state index in [2.05, 4.69) is 223 Å². The summed E-state index contributed by atoms with van der Waals surface area (Å²) in [5.74, 6) is 0. The molecule has 0 N–H and O–H groups in total. The maximum absolute atomic E-state index is 2.83. The molecule has 1 aromatic heterocycles. The molecule has 7 aromatic rings. The summed E-state index contributed by atoms with van der Waals surface area (Å²) in [6.07, 6.45) is 8.35. The Morgan fingerprint density at radius 2 is 1.08 bits per heavy atom. The normalized spacial score (nSPS) is 20.7. The van der Waals surface area contributed by atoms with E-state index in [0.717, 1.165) is 6.42 Å². The van der Waals surface area contributed by atoms with Crippen molar-refractivity contribution >= 4 is 61.1 Å². The first kappa shape index (κ1) is 40.9. The van der Waals surface area contributed by atoms with E-state index >= 15 is 0 Å². The number of fused-ring (bicyclic) bond motifs is 8. The fourth-order valence-electron chi connectivity index (χ4n) is 12.6. The Morgan fingerprint density at radius 1 is 0.538 bits per heavy atom. The number of nitrogens with zero attached hydrogens (tertiary/aromatic N) is 2. The highest BCUT2D eigenvalue weighted by molar-refractivity contribution is 7.26. The van der Waals surface area contributed by atoms with Crippen molar-refractivity contribution in [2.24, 2.45) is 0 Å². The minimum atomic E-state index is 0.101. The number of hydrogen-bond donors (Lipinski definition) is 0. The molecule has 0 bridgehead atoms. The van der Waals surface area contributed by atoms with Crippen molar-refractivity contribution in [2.75, 3.05) is 9.80 Å². The second-order valence-electron chi connectivity index (χ2n) is 22.7. The largest absolute Gasteiger partial charge is 0.327 e. The van der Waals surface area contributed by atoms with Crippen LogP contribution in [0.2, 0.25) is 0 Å². The van der Waals surface area contributed by atoms with Gasteiger partial charge in [0.15, 0.2) is 0 Å². The van der Waals surface area contributed by atoms with Gasteiger partial charge in [-0.15, -0.1) is 11.3 Å². The molecule has 2 nitrogen and oxygen atoms in total. The van der Waals surface area contributed by atoms with Gasteiger partial charge < -0.3 is 9.80 Å². The summed E-state index contributed by atoms with van der Waals surface area (Å²) >= 11 is 2.06. The third-order valence-electron chi connectivity index (χ3n) is 16.6. The Hall–Kier alpha value is -5.58. The number of rotatable bonds is 4. The van der Waals surface area contributed by atoms with E-state index in [1.165, 1.54) is 124 Å². The summed E-state index contributed by atoms with van der Waals surface area (Å²) < 4.78 is 1.43. The monoisotopic (exact) mass is 864 g/mol. The van der Waals surface area contributed by atoms with Gasteiger partial charge in [0.25, 0.3) is 0 Å². The smallest absolute Gasteiger partial charge is 0.249 e. The first-order valence-corrected chi connectivity index (χ1v) is 25.0. The fraction of sp³-hybridized carbons (Fsp3) is 0.311. The second-order valence-corrected chi connectivity index (χ2v) is 23.8. The lowest BCUT2D eigenvalue weighted by molar-refractivity contribution is 0.332. The molecule has 0 radical (unpaired) electrons. The highest BCUT2D eigenvalue weighted by Gasteiger charge is 2.51. The van der Waals surface area contributed by atoms with Crippen LogP contribution < -0.4 is 20.7 Å². The maximum Gasteiger partial charge on any atom is 0.249 e. The molecule has 2 aliphatic heterocycles. The molecule has 6 aromatic carbocycles. The van der Waals surface area contributed by atoms with Crippen molar-refractivity contribution in [2.45, 2.75) is 122 Å². The molecule has 12 rings (SSSR count). The molecule has 0 fully saturated rings. The maximum atomic E-state index is 2.83. The van der Waals surface area contributed by atoms with Gasteiger partial charge in [0.1, 0.15) is 0 Å². The van der Waals surface area contributed by atoms with Crippen LogP contribution in [0.25, 0.3) is 32.3 Å². The van der Waals surface area contributed by atoms with Crippen LogP contribution in [-0.2, 0) is 21.7 Å². The number of thiophene rings is 1. The van der Waals surface area contributed by atoms with Crippen LogP contribution >= 0.6 is 11.3 Å². The topological polar surface area (TPSA) is 6.48 Å². The van der Waals surface area contributed by atoms with Crippen LogP contribution in [0.4, 0.5) is 22.1 Å². The highest BCUT2D eigenvalue weighted by Crippen LogP contribution is 2.55. The van der Waals surface area contributed by atoms with Crippen LogP contribution in [0.5, 0.6) is 0 Å². The average molecular weight is 865 g/mol. The molecule has 3 heterocycles. The Bertz CT molecular complexity index is 3140. The number of hydrogen-bond acceptors (Lipinski definition) is 3. The van der Waals surface area contributed by atoms with E-state index in [0.29, 0.717) is 0 Å². The summed E-state index contributed by atoms with van der Waals surface area (Å²) in [7, 11) is 0.